The first kappa shape index (κ1) is 44.9. The summed E-state index contributed by atoms with van der Waals surface area (Å²) in [6.45, 7) is 3.21. The van der Waals surface area contributed by atoms with E-state index in [1.807, 2.05) is 25.1 Å². The van der Waals surface area contributed by atoms with Crippen LogP contribution in [-0.2, 0) is 52.4 Å². The zero-order valence-corrected chi connectivity index (χ0v) is 37.3. The van der Waals surface area contributed by atoms with Crippen molar-refractivity contribution in [3.63, 3.8) is 0 Å². The molecule has 4 aromatic carbocycles. The van der Waals surface area contributed by atoms with Crippen molar-refractivity contribution in [2.45, 2.75) is 56.3 Å². The highest BCUT2D eigenvalue weighted by Crippen LogP contribution is 2.42. The molecule has 7 aromatic rings. The molecule has 0 unspecified atom stereocenters. The summed E-state index contributed by atoms with van der Waals surface area (Å²) >= 11 is 2.68. The standard InChI is InChI=1S/C22H19N3O4S2.C19H20N2O6S3/c1-14-22(30-17-4-6-18(7-5-17)31(2,28)29)19-9-15(16-10-23-13-24-11-16)3-8-20(19)25(14)12-21(26)27;1-12-19(28-16-6-4-5-7-17(16)29(2,24)25)14-10-13(20-30(3,26)27)8-9-15(14)21(12)11-18(22)23/h3-11,13H,12H2,1-2H3,(H,26,27);4-10,20H,11H2,1-3H3,(H,22,23). The van der Waals surface area contributed by atoms with Crippen LogP contribution in [0.25, 0.3) is 32.9 Å². The lowest BCUT2D eigenvalue weighted by Crippen LogP contribution is -2.10. The normalized spacial score (nSPS) is 12.0. The maximum atomic E-state index is 12.2. The molecule has 15 nitrogen and oxygen atoms in total. The van der Waals surface area contributed by atoms with Crippen LogP contribution >= 0.6 is 23.5 Å². The van der Waals surface area contributed by atoms with Crippen LogP contribution in [0.4, 0.5) is 5.69 Å². The predicted octanol–water partition coefficient (Wildman–Crippen LogP) is 7.01. The average Bonchev–Trinajstić information content (AvgIpc) is 3.57. The second-order valence-electron chi connectivity index (χ2n) is 13.9. The maximum absolute atomic E-state index is 12.2. The van der Waals surface area contributed by atoms with E-state index in [9.17, 15) is 45.1 Å². The van der Waals surface area contributed by atoms with Crippen LogP contribution in [0.3, 0.4) is 0 Å². The summed E-state index contributed by atoms with van der Waals surface area (Å²) in [5.41, 5.74) is 5.00. The summed E-state index contributed by atoms with van der Waals surface area (Å²) in [5, 5.41) is 20.2. The minimum Gasteiger partial charge on any atom is -0.480 e. The molecule has 7 rings (SSSR count). The van der Waals surface area contributed by atoms with Gasteiger partial charge in [-0.05, 0) is 86.1 Å². The van der Waals surface area contributed by atoms with E-state index in [4.69, 9.17) is 0 Å². The molecular weight excluding hydrogens is 883 g/mol. The first-order chi connectivity index (χ1) is 28.6. The molecule has 3 heterocycles. The number of nitrogens with one attached hydrogen (secondary N) is 1. The van der Waals surface area contributed by atoms with Gasteiger partial charge in [0.15, 0.2) is 19.7 Å². The van der Waals surface area contributed by atoms with Gasteiger partial charge in [0.1, 0.15) is 19.4 Å². The Morgan fingerprint density at radius 3 is 1.74 bits per heavy atom. The van der Waals surface area contributed by atoms with Crippen LogP contribution in [0.15, 0.2) is 133 Å². The molecule has 0 atom stereocenters. The Morgan fingerprint density at radius 1 is 0.656 bits per heavy atom. The van der Waals surface area contributed by atoms with Crippen molar-refractivity contribution >= 4 is 92.7 Å². The highest BCUT2D eigenvalue weighted by molar-refractivity contribution is 8.00. The Morgan fingerprint density at radius 2 is 1.20 bits per heavy atom. The van der Waals surface area contributed by atoms with E-state index in [1.54, 1.807) is 89.1 Å². The topological polar surface area (TPSA) is 225 Å². The number of anilines is 1. The molecule has 20 heteroatoms. The summed E-state index contributed by atoms with van der Waals surface area (Å²) in [5.74, 6) is -1.95. The second-order valence-corrected chi connectivity index (χ2v) is 21.8. The molecule has 0 bridgehead atoms. The number of aliphatic carboxylic acids is 2. The first-order valence-corrected chi connectivity index (χ1v) is 25.3. The van der Waals surface area contributed by atoms with Gasteiger partial charge in [-0.3, -0.25) is 14.3 Å². The number of rotatable bonds is 13. The van der Waals surface area contributed by atoms with Gasteiger partial charge in [0.25, 0.3) is 0 Å². The minimum atomic E-state index is -3.50. The molecule has 3 aromatic heterocycles. The Bertz CT molecular complexity index is 3170. The van der Waals surface area contributed by atoms with E-state index < -0.39 is 41.6 Å². The summed E-state index contributed by atoms with van der Waals surface area (Å²) in [4.78, 5) is 34.3. The number of sulfone groups is 2. The highest BCUT2D eigenvalue weighted by Gasteiger charge is 2.22. The number of sulfonamides is 1. The van der Waals surface area contributed by atoms with Crippen molar-refractivity contribution in [1.82, 2.24) is 19.1 Å². The summed E-state index contributed by atoms with van der Waals surface area (Å²) in [6.07, 6.45) is 8.26. The van der Waals surface area contributed by atoms with Gasteiger partial charge in [0, 0.05) is 83.4 Å². The number of hydrogen-bond acceptors (Lipinski definition) is 12. The zero-order valence-electron chi connectivity index (χ0n) is 33.2. The van der Waals surface area contributed by atoms with E-state index in [0.29, 0.717) is 32.1 Å². The third kappa shape index (κ3) is 10.6. The lowest BCUT2D eigenvalue weighted by molar-refractivity contribution is -0.138. The van der Waals surface area contributed by atoms with Gasteiger partial charge in [-0.1, -0.05) is 41.7 Å². The van der Waals surface area contributed by atoms with Gasteiger partial charge in [-0.2, -0.15) is 0 Å². The van der Waals surface area contributed by atoms with E-state index in [1.165, 1.54) is 42.2 Å². The van der Waals surface area contributed by atoms with Crippen LogP contribution in [0.1, 0.15) is 11.4 Å². The lowest BCUT2D eigenvalue weighted by atomic mass is 10.1. The third-order valence-electron chi connectivity index (χ3n) is 9.25. The average molecular weight is 922 g/mol. The fourth-order valence-electron chi connectivity index (χ4n) is 6.57. The number of carbonyl (C=O) groups is 2. The molecule has 318 valence electrons. The Hall–Kier alpha value is -5.67. The Labute approximate surface area is 360 Å². The van der Waals surface area contributed by atoms with Crippen molar-refractivity contribution in [3.8, 4) is 11.1 Å². The van der Waals surface area contributed by atoms with E-state index >= 15 is 0 Å². The van der Waals surface area contributed by atoms with Gasteiger partial charge in [-0.15, -0.1) is 0 Å². The maximum Gasteiger partial charge on any atom is 0.323 e. The molecule has 61 heavy (non-hydrogen) atoms. The first-order valence-electron chi connectivity index (χ1n) is 18.0. The van der Waals surface area contributed by atoms with Crippen molar-refractivity contribution < 1.29 is 45.1 Å². The quantitative estimate of drug-likeness (QED) is 0.106. The number of hydrogen-bond donors (Lipinski definition) is 3. The largest absolute Gasteiger partial charge is 0.480 e. The number of aromatic nitrogens is 4. The van der Waals surface area contributed by atoms with Crippen LogP contribution < -0.4 is 4.72 Å². The number of benzene rings is 4. The summed E-state index contributed by atoms with van der Waals surface area (Å²) in [7, 11) is -10.3. The SMILES string of the molecule is Cc1c(Sc2ccc(S(C)(=O)=O)cc2)c2cc(-c3cncnc3)ccc2n1CC(=O)O.Cc1c(Sc2ccccc2S(C)(=O)=O)c2cc(NS(C)(=O)=O)ccc2n1CC(=O)O. The van der Waals surface area contributed by atoms with Gasteiger partial charge in [0.2, 0.25) is 10.0 Å². The lowest BCUT2D eigenvalue weighted by Gasteiger charge is -2.09. The summed E-state index contributed by atoms with van der Waals surface area (Å²) < 4.78 is 76.9. The molecule has 0 fully saturated rings. The van der Waals surface area contributed by atoms with Crippen molar-refractivity contribution in [2.75, 3.05) is 23.5 Å². The summed E-state index contributed by atoms with van der Waals surface area (Å²) in [6, 6.07) is 23.9. The van der Waals surface area contributed by atoms with Crippen molar-refractivity contribution in [1.29, 1.82) is 0 Å². The fraction of sp³-hybridized carbons (Fsp3) is 0.171. The zero-order chi connectivity index (χ0) is 44.4. The minimum absolute atomic E-state index is 0.149. The Kier molecular flexibility index (Phi) is 13.0. The molecule has 0 aliphatic heterocycles. The Balaban J connectivity index is 0.000000204. The van der Waals surface area contributed by atoms with Crippen molar-refractivity contribution in [2.24, 2.45) is 0 Å². The van der Waals surface area contributed by atoms with Gasteiger partial charge >= 0.3 is 11.9 Å². The van der Waals surface area contributed by atoms with Gasteiger partial charge in [-0.25, -0.2) is 35.2 Å². The molecule has 0 saturated heterocycles. The molecule has 0 aliphatic rings. The number of carboxylic acids is 2. The van der Waals surface area contributed by atoms with E-state index in [-0.39, 0.29) is 22.9 Å². The van der Waals surface area contributed by atoms with Crippen LogP contribution in [-0.4, -0.2) is 85.3 Å². The smallest absolute Gasteiger partial charge is 0.323 e. The molecule has 0 spiro atoms. The number of nitrogens with zero attached hydrogens (tertiary/aromatic N) is 4. The van der Waals surface area contributed by atoms with E-state index in [0.717, 1.165) is 50.0 Å². The molecule has 0 radical (unpaired) electrons. The highest BCUT2D eigenvalue weighted by atomic mass is 32.2. The molecular formula is C41H39N5O10S5. The number of fused-ring (bicyclic) bond motifs is 2. The van der Waals surface area contributed by atoms with Crippen LogP contribution in [0.5, 0.6) is 0 Å². The monoisotopic (exact) mass is 921 g/mol. The van der Waals surface area contributed by atoms with Gasteiger partial charge in [0.05, 0.1) is 21.6 Å². The van der Waals surface area contributed by atoms with E-state index in [2.05, 4.69) is 14.7 Å². The fourth-order valence-corrected chi connectivity index (χ4v) is 11.2. The molecule has 0 saturated carbocycles. The molecule has 3 N–H and O–H groups in total. The number of carboxylic acid groups (broad SMARTS) is 2. The van der Waals surface area contributed by atoms with Gasteiger partial charge < -0.3 is 19.3 Å². The molecule has 0 amide bonds. The van der Waals surface area contributed by atoms with Crippen molar-refractivity contribution in [3.05, 3.63) is 115 Å². The molecule has 0 aliphatic carbocycles. The third-order valence-corrected chi connectivity index (χ3v) is 14.8. The second kappa shape index (κ2) is 17.7. The van der Waals surface area contributed by atoms with Crippen LogP contribution in [0.2, 0.25) is 0 Å². The predicted molar refractivity (Wildman–Crippen MR) is 235 cm³/mol. The van der Waals surface area contributed by atoms with Crippen LogP contribution in [0, 0.1) is 13.8 Å².